The van der Waals surface area contributed by atoms with Crippen molar-refractivity contribution in [3.8, 4) is 0 Å². The fourth-order valence-corrected chi connectivity index (χ4v) is 1.47. The van der Waals surface area contributed by atoms with E-state index in [0.717, 1.165) is 11.3 Å². The first-order chi connectivity index (χ1) is 6.58. The first-order valence-corrected chi connectivity index (χ1v) is 4.88. The molecule has 0 bridgehead atoms. The van der Waals surface area contributed by atoms with Gasteiger partial charge in [0, 0.05) is 6.42 Å². The van der Waals surface area contributed by atoms with Gasteiger partial charge in [0.2, 0.25) is 11.0 Å². The molecule has 0 aromatic carbocycles. The van der Waals surface area contributed by atoms with E-state index in [2.05, 4.69) is 28.1 Å². The van der Waals surface area contributed by atoms with E-state index in [1.807, 2.05) is 0 Å². The molecule has 0 saturated carbocycles. The number of thiol groups is 1. The number of aliphatic carboxylic acids is 1. The van der Waals surface area contributed by atoms with Crippen molar-refractivity contribution in [2.45, 2.75) is 17.2 Å². The molecule has 76 valence electrons. The first kappa shape index (κ1) is 10.9. The lowest BCUT2D eigenvalue weighted by molar-refractivity contribution is -0.138. The largest absolute Gasteiger partial charge is 0.481 e. The highest BCUT2D eigenvalue weighted by Gasteiger charge is 2.08. The fraction of sp³-hybridized carbons (Fsp3) is 0.333. The molecule has 6 nitrogen and oxygen atoms in total. The zero-order valence-electron chi connectivity index (χ0n) is 6.93. The number of carboxylic acids is 1. The van der Waals surface area contributed by atoms with Gasteiger partial charge in [0.1, 0.15) is 0 Å². The summed E-state index contributed by atoms with van der Waals surface area (Å²) in [5.41, 5.74) is 0. The van der Waals surface area contributed by atoms with Crippen LogP contribution in [-0.4, -0.2) is 27.2 Å². The van der Waals surface area contributed by atoms with E-state index in [0.29, 0.717) is 9.47 Å². The average Bonchev–Trinajstić information content (AvgIpc) is 2.48. The summed E-state index contributed by atoms with van der Waals surface area (Å²) in [6, 6.07) is 0. The standard InChI is InChI=1S/C6H7N3O3S2/c10-3(1-2-4(11)12)7-5-8-9-6(13)14-5/h1-2H2,(H,9,13)(H,11,12)(H,7,8,10). The van der Waals surface area contributed by atoms with Gasteiger partial charge in [0.15, 0.2) is 4.34 Å². The van der Waals surface area contributed by atoms with E-state index in [-0.39, 0.29) is 12.8 Å². The molecule has 1 heterocycles. The monoisotopic (exact) mass is 233 g/mol. The fourth-order valence-electron chi connectivity index (χ4n) is 0.668. The number of hydrogen-bond acceptors (Lipinski definition) is 6. The average molecular weight is 233 g/mol. The van der Waals surface area contributed by atoms with Crippen LogP contribution in [-0.2, 0) is 9.59 Å². The number of carbonyl (C=O) groups excluding carboxylic acids is 1. The quantitative estimate of drug-likeness (QED) is 0.524. The normalized spacial score (nSPS) is 9.79. The molecule has 0 unspecified atom stereocenters. The first-order valence-electron chi connectivity index (χ1n) is 3.62. The Bertz CT molecular complexity index is 352. The lowest BCUT2D eigenvalue weighted by Crippen LogP contribution is -2.12. The molecule has 0 aliphatic carbocycles. The Kier molecular flexibility index (Phi) is 3.84. The Morgan fingerprint density at radius 1 is 1.43 bits per heavy atom. The summed E-state index contributed by atoms with van der Waals surface area (Å²) < 4.78 is 0.443. The zero-order valence-corrected chi connectivity index (χ0v) is 8.64. The van der Waals surface area contributed by atoms with Crippen LogP contribution in [0.2, 0.25) is 0 Å². The molecule has 0 fully saturated rings. The molecule has 14 heavy (non-hydrogen) atoms. The van der Waals surface area contributed by atoms with E-state index in [9.17, 15) is 9.59 Å². The van der Waals surface area contributed by atoms with Crippen LogP contribution in [0.5, 0.6) is 0 Å². The lowest BCUT2D eigenvalue weighted by Gasteiger charge is -1.97. The van der Waals surface area contributed by atoms with Gasteiger partial charge in [-0.1, -0.05) is 11.3 Å². The number of aromatic nitrogens is 2. The maximum atomic E-state index is 11.1. The number of carbonyl (C=O) groups is 2. The van der Waals surface area contributed by atoms with Crippen molar-refractivity contribution in [1.82, 2.24) is 10.2 Å². The Hall–Kier alpha value is -1.15. The topological polar surface area (TPSA) is 92.2 Å². The van der Waals surface area contributed by atoms with Gasteiger partial charge >= 0.3 is 5.97 Å². The van der Waals surface area contributed by atoms with Crippen molar-refractivity contribution in [2.24, 2.45) is 0 Å². The molecule has 0 aliphatic rings. The van der Waals surface area contributed by atoms with Gasteiger partial charge in [0.25, 0.3) is 0 Å². The second-order valence-electron chi connectivity index (χ2n) is 2.33. The highest BCUT2D eigenvalue weighted by Crippen LogP contribution is 2.17. The van der Waals surface area contributed by atoms with Gasteiger partial charge in [0.05, 0.1) is 6.42 Å². The maximum Gasteiger partial charge on any atom is 0.303 e. The summed E-state index contributed by atoms with van der Waals surface area (Å²) in [5, 5.41) is 18.2. The maximum absolute atomic E-state index is 11.1. The van der Waals surface area contributed by atoms with E-state index in [4.69, 9.17) is 5.11 Å². The number of rotatable bonds is 4. The van der Waals surface area contributed by atoms with Gasteiger partial charge < -0.3 is 10.4 Å². The highest BCUT2D eigenvalue weighted by molar-refractivity contribution is 7.82. The van der Waals surface area contributed by atoms with Gasteiger partial charge in [-0.2, -0.15) is 0 Å². The van der Waals surface area contributed by atoms with Crippen molar-refractivity contribution in [3.63, 3.8) is 0 Å². The van der Waals surface area contributed by atoms with Crippen LogP contribution in [0, 0.1) is 0 Å². The Balaban J connectivity index is 2.37. The van der Waals surface area contributed by atoms with Crippen molar-refractivity contribution in [3.05, 3.63) is 0 Å². The van der Waals surface area contributed by atoms with Gasteiger partial charge in [-0.15, -0.1) is 22.8 Å². The molecule has 8 heteroatoms. The summed E-state index contributed by atoms with van der Waals surface area (Å²) in [4.78, 5) is 21.2. The smallest absolute Gasteiger partial charge is 0.303 e. The summed E-state index contributed by atoms with van der Waals surface area (Å²) in [6.45, 7) is 0. The molecule has 0 atom stereocenters. The number of carboxylic acid groups (broad SMARTS) is 1. The molecule has 1 aromatic rings. The number of nitrogens with one attached hydrogen (secondary N) is 1. The molecule has 1 rings (SSSR count). The van der Waals surface area contributed by atoms with Crippen molar-refractivity contribution >= 4 is 41.0 Å². The van der Waals surface area contributed by atoms with Crippen LogP contribution in [0.15, 0.2) is 4.34 Å². The highest BCUT2D eigenvalue weighted by atomic mass is 32.2. The third-order valence-electron chi connectivity index (χ3n) is 1.23. The molecular weight excluding hydrogens is 226 g/mol. The van der Waals surface area contributed by atoms with E-state index >= 15 is 0 Å². The number of nitrogens with zero attached hydrogens (tertiary/aromatic N) is 2. The van der Waals surface area contributed by atoms with Gasteiger partial charge in [-0.25, -0.2) is 0 Å². The number of anilines is 1. The number of amides is 1. The van der Waals surface area contributed by atoms with Crippen LogP contribution < -0.4 is 5.32 Å². The van der Waals surface area contributed by atoms with Crippen molar-refractivity contribution in [2.75, 3.05) is 5.32 Å². The van der Waals surface area contributed by atoms with Crippen LogP contribution >= 0.6 is 24.0 Å². The van der Waals surface area contributed by atoms with Crippen LogP contribution in [0.1, 0.15) is 12.8 Å². The lowest BCUT2D eigenvalue weighted by atomic mass is 10.3. The Labute approximate surface area is 88.8 Å². The summed E-state index contributed by atoms with van der Waals surface area (Å²) in [5.74, 6) is -1.40. The minimum Gasteiger partial charge on any atom is -0.481 e. The minimum absolute atomic E-state index is 0.0726. The third kappa shape index (κ3) is 3.71. The van der Waals surface area contributed by atoms with Crippen molar-refractivity contribution < 1.29 is 14.7 Å². The van der Waals surface area contributed by atoms with Crippen LogP contribution in [0.4, 0.5) is 5.13 Å². The molecule has 0 saturated heterocycles. The van der Waals surface area contributed by atoms with Gasteiger partial charge in [-0.3, -0.25) is 9.59 Å². The molecule has 0 spiro atoms. The predicted molar refractivity (Wildman–Crippen MR) is 52.7 cm³/mol. The predicted octanol–water partition coefficient (Wildman–Crippen LogP) is 0.630. The molecule has 0 aliphatic heterocycles. The Morgan fingerprint density at radius 3 is 2.64 bits per heavy atom. The van der Waals surface area contributed by atoms with Gasteiger partial charge in [-0.05, 0) is 0 Å². The van der Waals surface area contributed by atoms with Crippen LogP contribution in [0.25, 0.3) is 0 Å². The van der Waals surface area contributed by atoms with E-state index in [1.165, 1.54) is 0 Å². The molecule has 1 amide bonds. The third-order valence-corrected chi connectivity index (χ3v) is 2.23. The molecular formula is C6H7N3O3S2. The van der Waals surface area contributed by atoms with Crippen LogP contribution in [0.3, 0.4) is 0 Å². The molecule has 1 aromatic heterocycles. The van der Waals surface area contributed by atoms with E-state index < -0.39 is 11.9 Å². The molecule has 2 N–H and O–H groups in total. The summed E-state index contributed by atoms with van der Waals surface area (Å²) in [6.07, 6.45) is -0.269. The molecule has 0 radical (unpaired) electrons. The van der Waals surface area contributed by atoms with Crippen molar-refractivity contribution in [1.29, 1.82) is 0 Å². The van der Waals surface area contributed by atoms with E-state index in [1.54, 1.807) is 0 Å². The SMILES string of the molecule is O=C(O)CCC(=O)Nc1nnc(S)s1. The minimum atomic E-state index is -1.01. The summed E-state index contributed by atoms with van der Waals surface area (Å²) >= 11 is 5.02. The number of hydrogen-bond donors (Lipinski definition) is 3. The second-order valence-corrected chi connectivity index (χ2v) is 4.04. The zero-order chi connectivity index (χ0) is 10.6. The summed E-state index contributed by atoms with van der Waals surface area (Å²) in [7, 11) is 0. The second kappa shape index (κ2) is 4.91. The Morgan fingerprint density at radius 2 is 2.14 bits per heavy atom.